The number of sulfonamides is 1. The van der Waals surface area contributed by atoms with Gasteiger partial charge in [-0.1, -0.05) is 12.1 Å². The number of nitrogens with two attached hydrogens (primary N) is 1. The first-order valence-electron chi connectivity index (χ1n) is 8.23. The van der Waals surface area contributed by atoms with E-state index in [-0.39, 0.29) is 54.3 Å². The van der Waals surface area contributed by atoms with Crippen LogP contribution in [0.2, 0.25) is 0 Å². The number of ether oxygens (including phenoxy) is 1. The van der Waals surface area contributed by atoms with Crippen molar-refractivity contribution in [2.45, 2.75) is 26.1 Å². The number of aliphatic imine (C=N–C) groups is 1. The molecule has 2 unspecified atom stereocenters. The van der Waals surface area contributed by atoms with Gasteiger partial charge >= 0.3 is 0 Å². The first kappa shape index (κ1) is 23.1. The molecule has 0 amide bonds. The minimum Gasteiger partial charge on any atom is -0.367 e. The number of nitrogens with one attached hydrogen (secondary N) is 1. The van der Waals surface area contributed by atoms with Gasteiger partial charge in [-0.2, -0.15) is 0 Å². The molecular weight excluding hydrogens is 474 g/mol. The fourth-order valence-corrected chi connectivity index (χ4v) is 3.04. The van der Waals surface area contributed by atoms with Gasteiger partial charge in [0.1, 0.15) is 11.9 Å². The van der Waals surface area contributed by atoms with Crippen LogP contribution in [0.25, 0.3) is 0 Å². The van der Waals surface area contributed by atoms with E-state index in [2.05, 4.69) is 10.3 Å². The maximum atomic E-state index is 13.1. The number of hydrogen-bond donors (Lipinski definition) is 2. The van der Waals surface area contributed by atoms with Crippen LogP contribution in [0.5, 0.6) is 0 Å². The Kier molecular flexibility index (Phi) is 9.21. The Morgan fingerprint density at radius 1 is 1.38 bits per heavy atom. The highest BCUT2D eigenvalue weighted by Gasteiger charge is 2.28. The molecule has 1 heterocycles. The van der Waals surface area contributed by atoms with E-state index in [0.29, 0.717) is 25.6 Å². The molecule has 0 spiro atoms. The van der Waals surface area contributed by atoms with Crippen LogP contribution in [0.3, 0.4) is 0 Å². The van der Waals surface area contributed by atoms with E-state index >= 15 is 0 Å². The van der Waals surface area contributed by atoms with E-state index < -0.39 is 10.0 Å². The molecule has 1 aromatic rings. The lowest BCUT2D eigenvalue weighted by Crippen LogP contribution is -2.50. The maximum Gasteiger partial charge on any atom is 0.210 e. The molecule has 2 atom stereocenters. The molecule has 7 nitrogen and oxygen atoms in total. The van der Waals surface area contributed by atoms with Crippen molar-refractivity contribution < 1.29 is 17.5 Å². The van der Waals surface area contributed by atoms with Gasteiger partial charge in [0.2, 0.25) is 10.0 Å². The molecule has 10 heteroatoms. The molecule has 1 aliphatic heterocycles. The molecular formula is C16H26FIN4O3S. The van der Waals surface area contributed by atoms with Crippen LogP contribution in [-0.2, 0) is 14.8 Å². The number of halogens is 2. The zero-order valence-corrected chi connectivity index (χ0v) is 18.0. The molecule has 0 bridgehead atoms. The van der Waals surface area contributed by atoms with Gasteiger partial charge in [-0.25, -0.2) is 17.9 Å². The molecule has 0 aromatic heterocycles. The zero-order chi connectivity index (χ0) is 18.4. The Morgan fingerprint density at radius 2 is 2.04 bits per heavy atom. The summed E-state index contributed by atoms with van der Waals surface area (Å²) in [6, 6.07) is 6.24. The number of rotatable bonds is 5. The van der Waals surface area contributed by atoms with Crippen molar-refractivity contribution in [2.75, 3.05) is 31.9 Å². The van der Waals surface area contributed by atoms with Crippen LogP contribution in [0, 0.1) is 5.82 Å². The second kappa shape index (κ2) is 10.4. The summed E-state index contributed by atoms with van der Waals surface area (Å²) in [6.45, 7) is 5.80. The normalized spacial score (nSPS) is 21.2. The highest BCUT2D eigenvalue weighted by Crippen LogP contribution is 2.25. The summed E-state index contributed by atoms with van der Waals surface area (Å²) in [5.41, 5.74) is 0.887. The fourth-order valence-electron chi connectivity index (χ4n) is 2.69. The summed E-state index contributed by atoms with van der Waals surface area (Å²) in [5.74, 6) is 0.124. The van der Waals surface area contributed by atoms with Gasteiger partial charge in [-0.3, -0.25) is 4.99 Å². The van der Waals surface area contributed by atoms with E-state index in [1.54, 1.807) is 12.1 Å². The summed E-state index contributed by atoms with van der Waals surface area (Å²) in [5, 5.41) is 8.19. The number of guanidine groups is 1. The Bertz CT molecular complexity index is 700. The second-order valence-corrected chi connectivity index (χ2v) is 7.73. The van der Waals surface area contributed by atoms with E-state index in [9.17, 15) is 12.8 Å². The summed E-state index contributed by atoms with van der Waals surface area (Å²) in [4.78, 5) is 6.38. The van der Waals surface area contributed by atoms with E-state index in [0.717, 1.165) is 5.56 Å². The van der Waals surface area contributed by atoms with Crippen molar-refractivity contribution >= 4 is 40.0 Å². The van der Waals surface area contributed by atoms with Crippen LogP contribution in [0.4, 0.5) is 4.39 Å². The molecule has 148 valence electrons. The Morgan fingerprint density at radius 3 is 2.62 bits per heavy atom. The Labute approximate surface area is 171 Å². The van der Waals surface area contributed by atoms with Gasteiger partial charge in [0.25, 0.3) is 0 Å². The maximum absolute atomic E-state index is 13.1. The van der Waals surface area contributed by atoms with Crippen molar-refractivity contribution in [3.8, 4) is 0 Å². The SMILES string of the molecule is CCNC(=NCCS(N)(=O)=O)N1CC(C)OC(c2ccc(F)cc2)C1.I. The van der Waals surface area contributed by atoms with E-state index in [1.165, 1.54) is 12.1 Å². The summed E-state index contributed by atoms with van der Waals surface area (Å²) >= 11 is 0. The first-order valence-corrected chi connectivity index (χ1v) is 9.94. The molecule has 1 fully saturated rings. The van der Waals surface area contributed by atoms with Crippen LogP contribution >= 0.6 is 24.0 Å². The summed E-state index contributed by atoms with van der Waals surface area (Å²) in [7, 11) is -3.55. The van der Waals surface area contributed by atoms with Gasteiger partial charge in [0.05, 0.1) is 24.9 Å². The standard InChI is InChI=1S/C16H25FN4O3S.HI/c1-3-19-16(20-8-9-25(18,22)23)21-10-12(2)24-15(11-21)13-4-6-14(17)7-5-13;/h4-7,12,15H,3,8-11H2,1-2H3,(H,19,20)(H2,18,22,23);1H. The van der Waals surface area contributed by atoms with Crippen molar-refractivity contribution in [2.24, 2.45) is 10.1 Å². The molecule has 2 rings (SSSR count). The van der Waals surface area contributed by atoms with E-state index in [1.807, 2.05) is 18.7 Å². The van der Waals surface area contributed by atoms with Gasteiger partial charge in [0, 0.05) is 13.1 Å². The van der Waals surface area contributed by atoms with Crippen LogP contribution < -0.4 is 10.5 Å². The van der Waals surface area contributed by atoms with Crippen molar-refractivity contribution in [3.63, 3.8) is 0 Å². The van der Waals surface area contributed by atoms with E-state index in [4.69, 9.17) is 9.88 Å². The third-order valence-electron chi connectivity index (χ3n) is 3.77. The molecule has 0 radical (unpaired) electrons. The molecule has 26 heavy (non-hydrogen) atoms. The lowest BCUT2D eigenvalue weighted by atomic mass is 10.1. The first-order chi connectivity index (χ1) is 11.8. The Hall–Kier alpha value is -0.980. The van der Waals surface area contributed by atoms with Crippen molar-refractivity contribution in [1.29, 1.82) is 0 Å². The van der Waals surface area contributed by atoms with Crippen LogP contribution in [0.1, 0.15) is 25.5 Å². The molecule has 1 aliphatic rings. The molecule has 1 aromatic carbocycles. The lowest BCUT2D eigenvalue weighted by molar-refractivity contribution is -0.0605. The third kappa shape index (κ3) is 7.33. The van der Waals surface area contributed by atoms with Gasteiger partial charge in [-0.05, 0) is 31.5 Å². The second-order valence-electron chi connectivity index (χ2n) is 5.99. The van der Waals surface area contributed by atoms with Gasteiger partial charge in [0.15, 0.2) is 5.96 Å². The van der Waals surface area contributed by atoms with Crippen LogP contribution in [-0.4, -0.2) is 57.3 Å². The summed E-state index contributed by atoms with van der Waals surface area (Å²) in [6.07, 6.45) is -0.266. The lowest BCUT2D eigenvalue weighted by Gasteiger charge is -2.38. The minimum absolute atomic E-state index is 0. The highest BCUT2D eigenvalue weighted by atomic mass is 127. The number of primary sulfonamides is 1. The topological polar surface area (TPSA) is 97.0 Å². The molecule has 1 saturated heterocycles. The average molecular weight is 500 g/mol. The highest BCUT2D eigenvalue weighted by molar-refractivity contribution is 14.0. The van der Waals surface area contributed by atoms with Crippen molar-refractivity contribution in [1.82, 2.24) is 10.2 Å². The number of hydrogen-bond acceptors (Lipinski definition) is 4. The number of benzene rings is 1. The third-order valence-corrected chi connectivity index (χ3v) is 4.53. The average Bonchev–Trinajstić information content (AvgIpc) is 2.53. The van der Waals surface area contributed by atoms with Crippen molar-refractivity contribution in [3.05, 3.63) is 35.6 Å². The van der Waals surface area contributed by atoms with Crippen LogP contribution in [0.15, 0.2) is 29.3 Å². The molecule has 3 N–H and O–H groups in total. The van der Waals surface area contributed by atoms with Gasteiger partial charge < -0.3 is 15.0 Å². The predicted molar refractivity (Wildman–Crippen MR) is 111 cm³/mol. The Balaban J connectivity index is 0.00000338. The summed E-state index contributed by atoms with van der Waals surface area (Å²) < 4.78 is 41.3. The minimum atomic E-state index is -3.55. The zero-order valence-electron chi connectivity index (χ0n) is 14.9. The quantitative estimate of drug-likeness (QED) is 0.363. The number of nitrogens with zero attached hydrogens (tertiary/aromatic N) is 2. The number of morpholine rings is 1. The molecule has 0 saturated carbocycles. The van der Waals surface area contributed by atoms with Gasteiger partial charge in [-0.15, -0.1) is 24.0 Å². The predicted octanol–water partition coefficient (Wildman–Crippen LogP) is 1.46. The smallest absolute Gasteiger partial charge is 0.210 e. The fraction of sp³-hybridized carbons (Fsp3) is 0.562. The largest absolute Gasteiger partial charge is 0.367 e. The monoisotopic (exact) mass is 500 g/mol. The molecule has 0 aliphatic carbocycles.